The van der Waals surface area contributed by atoms with Crippen LogP contribution in [0.2, 0.25) is 0 Å². The molecule has 3 rings (SSSR count). The van der Waals surface area contributed by atoms with Gasteiger partial charge in [-0.1, -0.05) is 12.1 Å². The van der Waals surface area contributed by atoms with E-state index in [0.29, 0.717) is 22.2 Å². The molecule has 1 amide bonds. The Labute approximate surface area is 141 Å². The van der Waals surface area contributed by atoms with Gasteiger partial charge < -0.3 is 10.3 Å². The minimum atomic E-state index is -0.481. The molecule has 0 fully saturated rings. The number of rotatable bonds is 4. The van der Waals surface area contributed by atoms with Gasteiger partial charge in [-0.25, -0.2) is 4.98 Å². The zero-order valence-corrected chi connectivity index (χ0v) is 13.2. The maximum absolute atomic E-state index is 12.4. The molecule has 8 heteroatoms. The fourth-order valence-electron chi connectivity index (χ4n) is 2.45. The van der Waals surface area contributed by atoms with Crippen LogP contribution in [0.1, 0.15) is 28.9 Å². The van der Waals surface area contributed by atoms with Crippen LogP contribution in [-0.2, 0) is 0 Å². The lowest BCUT2D eigenvalue weighted by atomic mass is 10.1. The number of nitrogens with zero attached hydrogens (tertiary/aromatic N) is 2. The van der Waals surface area contributed by atoms with Crippen LogP contribution >= 0.6 is 0 Å². The van der Waals surface area contributed by atoms with Crippen LogP contribution in [0, 0.1) is 10.1 Å². The highest BCUT2D eigenvalue weighted by Crippen LogP contribution is 2.19. The monoisotopic (exact) mass is 338 g/mol. The van der Waals surface area contributed by atoms with Gasteiger partial charge in [0.15, 0.2) is 0 Å². The number of aromatic nitrogens is 2. The fraction of sp³-hybridized carbons (Fsp3) is 0.118. The molecule has 1 heterocycles. The lowest BCUT2D eigenvalue weighted by molar-refractivity contribution is -0.384. The molecule has 0 aliphatic heterocycles. The average Bonchev–Trinajstić information content (AvgIpc) is 2.61. The van der Waals surface area contributed by atoms with E-state index in [-0.39, 0.29) is 17.2 Å². The summed E-state index contributed by atoms with van der Waals surface area (Å²) in [5.41, 5.74) is 1.63. The number of hydrogen-bond acceptors (Lipinski definition) is 5. The van der Waals surface area contributed by atoms with Crippen LogP contribution in [0.5, 0.6) is 0 Å². The zero-order valence-electron chi connectivity index (χ0n) is 13.2. The second-order valence-electron chi connectivity index (χ2n) is 5.53. The van der Waals surface area contributed by atoms with Crippen LogP contribution in [0.15, 0.2) is 53.5 Å². The Kier molecular flexibility index (Phi) is 4.25. The normalized spacial score (nSPS) is 11.9. The molecule has 2 aromatic carbocycles. The second-order valence-corrected chi connectivity index (χ2v) is 5.53. The van der Waals surface area contributed by atoms with E-state index in [1.807, 2.05) is 0 Å². The zero-order chi connectivity index (χ0) is 18.0. The number of benzene rings is 2. The number of nitro groups is 1. The van der Waals surface area contributed by atoms with E-state index < -0.39 is 11.0 Å². The topological polar surface area (TPSA) is 118 Å². The van der Waals surface area contributed by atoms with E-state index >= 15 is 0 Å². The standard InChI is InChI=1S/C17H14N4O4/c1-10(11-3-2-4-13(7-11)21(24)25)19-17(23)12-5-6-14-15(8-12)20-16(22)9-18-14/h2-10H,1H3,(H,19,23)(H,20,22). The molecular formula is C17H14N4O4. The number of nitrogens with one attached hydrogen (secondary N) is 2. The Morgan fingerprint density at radius 1 is 1.28 bits per heavy atom. The molecule has 2 N–H and O–H groups in total. The van der Waals surface area contributed by atoms with Gasteiger partial charge in [-0.15, -0.1) is 0 Å². The number of aromatic amines is 1. The summed E-state index contributed by atoms with van der Waals surface area (Å²) in [6, 6.07) is 10.5. The van der Waals surface area contributed by atoms with Crippen LogP contribution in [-0.4, -0.2) is 20.8 Å². The first kappa shape index (κ1) is 16.3. The minimum Gasteiger partial charge on any atom is -0.346 e. The third-order valence-corrected chi connectivity index (χ3v) is 3.77. The molecule has 126 valence electrons. The van der Waals surface area contributed by atoms with Crippen molar-refractivity contribution in [1.29, 1.82) is 0 Å². The highest BCUT2D eigenvalue weighted by molar-refractivity contribution is 5.97. The molecule has 0 radical (unpaired) electrons. The highest BCUT2D eigenvalue weighted by atomic mass is 16.6. The maximum Gasteiger partial charge on any atom is 0.269 e. The highest BCUT2D eigenvalue weighted by Gasteiger charge is 2.15. The van der Waals surface area contributed by atoms with Crippen LogP contribution < -0.4 is 10.9 Å². The Morgan fingerprint density at radius 2 is 2.08 bits per heavy atom. The van der Waals surface area contributed by atoms with E-state index in [1.54, 1.807) is 37.3 Å². The summed E-state index contributed by atoms with van der Waals surface area (Å²) >= 11 is 0. The first-order valence-electron chi connectivity index (χ1n) is 7.48. The predicted molar refractivity (Wildman–Crippen MR) is 91.3 cm³/mol. The number of hydrogen-bond donors (Lipinski definition) is 2. The van der Waals surface area contributed by atoms with Crippen molar-refractivity contribution in [3.05, 3.63) is 80.3 Å². The number of H-pyrrole nitrogens is 1. The Morgan fingerprint density at radius 3 is 2.84 bits per heavy atom. The molecular weight excluding hydrogens is 324 g/mol. The molecule has 8 nitrogen and oxygen atoms in total. The summed E-state index contributed by atoms with van der Waals surface area (Å²) in [4.78, 5) is 40.7. The van der Waals surface area contributed by atoms with E-state index in [4.69, 9.17) is 0 Å². The van der Waals surface area contributed by atoms with Crippen LogP contribution in [0.3, 0.4) is 0 Å². The predicted octanol–water partition coefficient (Wildman–Crippen LogP) is 2.32. The number of amides is 1. The van der Waals surface area contributed by atoms with E-state index in [9.17, 15) is 19.7 Å². The number of fused-ring (bicyclic) bond motifs is 1. The summed E-state index contributed by atoms with van der Waals surface area (Å²) in [6.45, 7) is 1.74. The summed E-state index contributed by atoms with van der Waals surface area (Å²) in [5.74, 6) is -0.356. The van der Waals surface area contributed by atoms with Crippen molar-refractivity contribution >= 4 is 22.6 Å². The van der Waals surface area contributed by atoms with Crippen molar-refractivity contribution < 1.29 is 9.72 Å². The van der Waals surface area contributed by atoms with Gasteiger partial charge in [0.05, 0.1) is 28.2 Å². The molecule has 1 unspecified atom stereocenters. The first-order chi connectivity index (χ1) is 11.9. The number of carbonyl (C=O) groups excluding carboxylic acids is 1. The summed E-state index contributed by atoms with van der Waals surface area (Å²) in [6.07, 6.45) is 1.17. The van der Waals surface area contributed by atoms with Gasteiger partial charge in [-0.2, -0.15) is 0 Å². The summed E-state index contributed by atoms with van der Waals surface area (Å²) in [7, 11) is 0. The van der Waals surface area contributed by atoms with Gasteiger partial charge in [0.2, 0.25) is 0 Å². The molecule has 25 heavy (non-hydrogen) atoms. The van der Waals surface area contributed by atoms with Gasteiger partial charge >= 0.3 is 0 Å². The van der Waals surface area contributed by atoms with E-state index in [0.717, 1.165) is 0 Å². The molecule has 3 aromatic rings. The molecule has 0 saturated carbocycles. The van der Waals surface area contributed by atoms with Crippen molar-refractivity contribution in [2.75, 3.05) is 0 Å². The summed E-state index contributed by atoms with van der Waals surface area (Å²) in [5, 5.41) is 13.6. The molecule has 0 spiro atoms. The molecule has 1 aromatic heterocycles. The molecule has 0 bridgehead atoms. The Balaban J connectivity index is 1.83. The Bertz CT molecular complexity index is 1030. The smallest absolute Gasteiger partial charge is 0.269 e. The molecule has 1 atom stereocenters. The van der Waals surface area contributed by atoms with Gasteiger partial charge in [0.1, 0.15) is 0 Å². The van der Waals surface area contributed by atoms with Crippen molar-refractivity contribution in [2.45, 2.75) is 13.0 Å². The lowest BCUT2D eigenvalue weighted by Crippen LogP contribution is -2.26. The van der Waals surface area contributed by atoms with E-state index in [2.05, 4.69) is 15.3 Å². The summed E-state index contributed by atoms with van der Waals surface area (Å²) < 4.78 is 0. The minimum absolute atomic E-state index is 0.0343. The second kappa shape index (κ2) is 6.52. The van der Waals surface area contributed by atoms with Crippen molar-refractivity contribution in [1.82, 2.24) is 15.3 Å². The van der Waals surface area contributed by atoms with Gasteiger partial charge in [0.25, 0.3) is 17.2 Å². The SMILES string of the molecule is CC(NC(=O)c1ccc2ncc(=O)[nH]c2c1)c1cccc([N+](=O)[O-])c1. The number of carbonyl (C=O) groups is 1. The molecule has 0 aliphatic rings. The van der Waals surface area contributed by atoms with Crippen molar-refractivity contribution in [2.24, 2.45) is 0 Å². The quantitative estimate of drug-likeness (QED) is 0.559. The average molecular weight is 338 g/mol. The fourth-order valence-corrected chi connectivity index (χ4v) is 2.45. The molecule has 0 saturated heterocycles. The van der Waals surface area contributed by atoms with Crippen LogP contribution in [0.4, 0.5) is 5.69 Å². The lowest BCUT2D eigenvalue weighted by Gasteiger charge is -2.14. The third kappa shape index (κ3) is 3.52. The number of non-ortho nitro benzene ring substituents is 1. The largest absolute Gasteiger partial charge is 0.346 e. The van der Waals surface area contributed by atoms with Crippen molar-refractivity contribution in [3.63, 3.8) is 0 Å². The van der Waals surface area contributed by atoms with Gasteiger partial charge in [0, 0.05) is 17.7 Å². The Hall–Kier alpha value is -3.55. The maximum atomic E-state index is 12.4. The number of nitro benzene ring substituents is 1. The van der Waals surface area contributed by atoms with Gasteiger partial charge in [-0.3, -0.25) is 19.7 Å². The van der Waals surface area contributed by atoms with Crippen LogP contribution in [0.25, 0.3) is 11.0 Å². The van der Waals surface area contributed by atoms with Gasteiger partial charge in [-0.05, 0) is 30.7 Å². The third-order valence-electron chi connectivity index (χ3n) is 3.77. The molecule has 0 aliphatic carbocycles. The van der Waals surface area contributed by atoms with Crippen molar-refractivity contribution in [3.8, 4) is 0 Å². The van der Waals surface area contributed by atoms with E-state index in [1.165, 1.54) is 18.3 Å². The first-order valence-corrected chi connectivity index (χ1v) is 7.48.